The first kappa shape index (κ1) is 25.9. The Bertz CT molecular complexity index is 956. The zero-order valence-corrected chi connectivity index (χ0v) is 20.6. The number of likely N-dealkylation sites (tertiary alicyclic amines) is 1. The van der Waals surface area contributed by atoms with Crippen molar-refractivity contribution in [1.82, 2.24) is 10.2 Å². The van der Waals surface area contributed by atoms with Crippen LogP contribution >= 0.6 is 0 Å². The van der Waals surface area contributed by atoms with Crippen molar-refractivity contribution in [3.63, 3.8) is 0 Å². The van der Waals surface area contributed by atoms with E-state index in [9.17, 15) is 14.4 Å². The van der Waals surface area contributed by atoms with Gasteiger partial charge >= 0.3 is 0 Å². The van der Waals surface area contributed by atoms with Crippen molar-refractivity contribution < 1.29 is 14.4 Å². The maximum atomic E-state index is 12.6. The summed E-state index contributed by atoms with van der Waals surface area (Å²) >= 11 is 0. The third-order valence-corrected chi connectivity index (χ3v) is 6.82. The first-order valence-corrected chi connectivity index (χ1v) is 13.1. The molecule has 5 heteroatoms. The van der Waals surface area contributed by atoms with E-state index in [2.05, 4.69) is 30.4 Å². The van der Waals surface area contributed by atoms with Crippen LogP contribution in [0, 0.1) is 0 Å². The van der Waals surface area contributed by atoms with E-state index in [1.165, 1.54) is 56.9 Å². The summed E-state index contributed by atoms with van der Waals surface area (Å²) in [5, 5.41) is 5.03. The smallest absolute Gasteiger partial charge is 0.251 e. The molecule has 0 aliphatic carbocycles. The Balaban J connectivity index is 1.42. The van der Waals surface area contributed by atoms with Crippen LogP contribution in [0.5, 0.6) is 0 Å². The molecular formula is C29H39N2O3. The van der Waals surface area contributed by atoms with Gasteiger partial charge in [0, 0.05) is 25.1 Å². The molecule has 0 saturated carbocycles. The van der Waals surface area contributed by atoms with Crippen molar-refractivity contribution in [3.8, 4) is 0 Å². The first-order valence-electron chi connectivity index (χ1n) is 13.1. The van der Waals surface area contributed by atoms with Gasteiger partial charge in [-0.1, -0.05) is 76.1 Å². The molecule has 3 rings (SSSR count). The summed E-state index contributed by atoms with van der Waals surface area (Å²) in [5.74, 6) is -0.286. The zero-order valence-electron chi connectivity index (χ0n) is 20.6. The van der Waals surface area contributed by atoms with E-state index in [1.807, 2.05) is 24.5 Å². The zero-order chi connectivity index (χ0) is 24.2. The van der Waals surface area contributed by atoms with Crippen molar-refractivity contribution in [2.75, 3.05) is 13.1 Å². The Morgan fingerprint density at radius 3 is 2.44 bits per heavy atom. The Morgan fingerprint density at radius 1 is 0.971 bits per heavy atom. The monoisotopic (exact) mass is 463 g/mol. The first-order chi connectivity index (χ1) is 16.6. The Labute approximate surface area is 204 Å². The summed E-state index contributed by atoms with van der Waals surface area (Å²) in [4.78, 5) is 37.4. The largest absolute Gasteiger partial charge is 0.352 e. The number of rotatable bonds is 14. The molecule has 0 unspecified atom stereocenters. The van der Waals surface area contributed by atoms with E-state index < -0.39 is 6.04 Å². The van der Waals surface area contributed by atoms with Crippen LogP contribution in [0.25, 0.3) is 10.8 Å². The highest BCUT2D eigenvalue weighted by Crippen LogP contribution is 2.20. The Morgan fingerprint density at radius 2 is 1.68 bits per heavy atom. The average Bonchev–Trinajstić information content (AvgIpc) is 3.34. The lowest BCUT2D eigenvalue weighted by Gasteiger charge is -2.19. The third kappa shape index (κ3) is 7.68. The SMILES string of the molecule is CCCCCCCCCCc1ccc2cc(C(=O)NCCC(=O)N3CCC[C@@H]3[C]=O)ccc2c1. The molecule has 0 bridgehead atoms. The number of aryl methyl sites for hydroxylation is 1. The highest BCUT2D eigenvalue weighted by Gasteiger charge is 2.28. The molecule has 1 aliphatic rings. The summed E-state index contributed by atoms with van der Waals surface area (Å²) in [6.45, 7) is 3.11. The van der Waals surface area contributed by atoms with Crippen LogP contribution in [0.4, 0.5) is 0 Å². The molecule has 1 radical (unpaired) electrons. The van der Waals surface area contributed by atoms with Gasteiger partial charge in [0.15, 0.2) is 0 Å². The summed E-state index contributed by atoms with van der Waals surface area (Å²) in [6, 6.07) is 11.8. The maximum absolute atomic E-state index is 12.6. The van der Waals surface area contributed by atoms with Crippen LogP contribution in [0.3, 0.4) is 0 Å². The van der Waals surface area contributed by atoms with E-state index in [1.54, 1.807) is 4.90 Å². The fourth-order valence-electron chi connectivity index (χ4n) is 4.77. The number of unbranched alkanes of at least 4 members (excludes halogenated alkanes) is 7. The van der Waals surface area contributed by atoms with E-state index in [0.717, 1.165) is 23.6 Å². The van der Waals surface area contributed by atoms with E-state index >= 15 is 0 Å². The van der Waals surface area contributed by atoms with Gasteiger partial charge in [-0.15, -0.1) is 0 Å². The highest BCUT2D eigenvalue weighted by molar-refractivity contribution is 5.98. The number of benzene rings is 2. The minimum absolute atomic E-state index is 0.103. The summed E-state index contributed by atoms with van der Waals surface area (Å²) < 4.78 is 0. The lowest BCUT2D eigenvalue weighted by molar-refractivity contribution is -0.130. The van der Waals surface area contributed by atoms with Gasteiger partial charge in [0.2, 0.25) is 12.2 Å². The molecule has 2 aromatic rings. The maximum Gasteiger partial charge on any atom is 0.251 e. The molecule has 183 valence electrons. The fourth-order valence-corrected chi connectivity index (χ4v) is 4.77. The van der Waals surface area contributed by atoms with Crippen LogP contribution in [-0.4, -0.2) is 42.1 Å². The van der Waals surface area contributed by atoms with Crippen molar-refractivity contribution in [3.05, 3.63) is 47.5 Å². The average molecular weight is 464 g/mol. The number of amides is 2. The van der Waals surface area contributed by atoms with Gasteiger partial charge in [0.05, 0.1) is 6.04 Å². The topological polar surface area (TPSA) is 66.5 Å². The second kappa shape index (κ2) is 13.9. The quantitative estimate of drug-likeness (QED) is 0.363. The number of carbonyl (C=O) groups is 2. The third-order valence-electron chi connectivity index (χ3n) is 6.82. The molecule has 0 spiro atoms. The van der Waals surface area contributed by atoms with Gasteiger partial charge < -0.3 is 10.2 Å². The molecule has 1 saturated heterocycles. The lowest BCUT2D eigenvalue weighted by atomic mass is 10.00. The Hall–Kier alpha value is -2.69. The van der Waals surface area contributed by atoms with Crippen molar-refractivity contribution in [2.45, 2.75) is 90.0 Å². The number of hydrogen-bond acceptors (Lipinski definition) is 3. The van der Waals surface area contributed by atoms with Crippen molar-refractivity contribution in [1.29, 1.82) is 0 Å². The molecule has 1 heterocycles. The van der Waals surface area contributed by atoms with Crippen LogP contribution in [0.1, 0.15) is 93.5 Å². The van der Waals surface area contributed by atoms with E-state index in [0.29, 0.717) is 18.5 Å². The summed E-state index contributed by atoms with van der Waals surface area (Å²) in [5.41, 5.74) is 1.94. The lowest BCUT2D eigenvalue weighted by Crippen LogP contribution is -2.38. The molecule has 2 amide bonds. The molecular weight excluding hydrogens is 424 g/mol. The summed E-state index contributed by atoms with van der Waals surface area (Å²) in [6.07, 6.45) is 15.3. The number of fused-ring (bicyclic) bond motifs is 1. The number of nitrogens with zero attached hydrogens (tertiary/aromatic N) is 1. The minimum Gasteiger partial charge on any atom is -0.352 e. The van der Waals surface area contributed by atoms with Gasteiger partial charge in [-0.25, -0.2) is 0 Å². The molecule has 1 N–H and O–H groups in total. The molecule has 34 heavy (non-hydrogen) atoms. The highest BCUT2D eigenvalue weighted by atomic mass is 16.2. The minimum atomic E-state index is -0.427. The Kier molecular flexibility index (Phi) is 10.6. The normalized spacial score (nSPS) is 15.6. The predicted octanol–water partition coefficient (Wildman–Crippen LogP) is 5.74. The van der Waals surface area contributed by atoms with Gasteiger partial charge in [0.1, 0.15) is 0 Å². The molecule has 5 nitrogen and oxygen atoms in total. The molecule has 1 atom stereocenters. The van der Waals surface area contributed by atoms with Crippen LogP contribution in [0.15, 0.2) is 36.4 Å². The number of carbonyl (C=O) groups excluding carboxylic acids is 3. The van der Waals surface area contributed by atoms with Gasteiger partial charge in [-0.3, -0.25) is 14.4 Å². The fraction of sp³-hybridized carbons (Fsp3) is 0.552. The molecule has 1 aliphatic heterocycles. The van der Waals surface area contributed by atoms with Gasteiger partial charge in [0.25, 0.3) is 5.91 Å². The van der Waals surface area contributed by atoms with Crippen molar-refractivity contribution in [2.24, 2.45) is 0 Å². The van der Waals surface area contributed by atoms with Crippen LogP contribution < -0.4 is 5.32 Å². The second-order valence-electron chi connectivity index (χ2n) is 9.49. The van der Waals surface area contributed by atoms with Crippen LogP contribution in [0.2, 0.25) is 0 Å². The molecule has 1 fully saturated rings. The molecule has 2 aromatic carbocycles. The predicted molar refractivity (Wildman–Crippen MR) is 138 cm³/mol. The van der Waals surface area contributed by atoms with E-state index in [4.69, 9.17) is 0 Å². The van der Waals surface area contributed by atoms with E-state index in [-0.39, 0.29) is 24.8 Å². The van der Waals surface area contributed by atoms with Crippen molar-refractivity contribution >= 4 is 28.9 Å². The number of nitrogens with one attached hydrogen (secondary N) is 1. The van der Waals surface area contributed by atoms with Gasteiger partial charge in [-0.2, -0.15) is 0 Å². The van der Waals surface area contributed by atoms with Gasteiger partial charge in [-0.05, 0) is 54.2 Å². The van der Waals surface area contributed by atoms with Crippen LogP contribution in [-0.2, 0) is 16.0 Å². The standard InChI is InChI=1S/C29H39N2O3/c1-2-3-4-5-6-7-8-9-11-23-13-14-25-21-26(16-15-24(25)20-23)29(34)30-18-17-28(33)31-19-10-12-27(31)22-32/h13-16,20-21,27H,2-12,17-19H2,1H3,(H,30,34)/t27-/m1/s1. The molecule has 0 aromatic heterocycles. The number of hydrogen-bond donors (Lipinski definition) is 1. The second-order valence-corrected chi connectivity index (χ2v) is 9.49. The summed E-state index contributed by atoms with van der Waals surface area (Å²) in [7, 11) is 0.